The number of hydrogen-bond acceptors (Lipinski definition) is 3. The van der Waals surface area contributed by atoms with Gasteiger partial charge >= 0.3 is 0 Å². The molecule has 2 fully saturated rings. The fraction of sp³-hybridized carbons (Fsp3) is 0.778. The van der Waals surface area contributed by atoms with Crippen molar-refractivity contribution in [3.8, 4) is 0 Å². The highest BCUT2D eigenvalue weighted by molar-refractivity contribution is 5.78. The van der Waals surface area contributed by atoms with E-state index in [0.29, 0.717) is 0 Å². The van der Waals surface area contributed by atoms with Crippen molar-refractivity contribution >= 4 is 5.91 Å². The zero-order chi connectivity index (χ0) is 16.4. The van der Waals surface area contributed by atoms with E-state index in [1.54, 1.807) is 0 Å². The van der Waals surface area contributed by atoms with Gasteiger partial charge in [0.15, 0.2) is 0 Å². The molecule has 1 saturated heterocycles. The van der Waals surface area contributed by atoms with Gasteiger partial charge in [-0.15, -0.1) is 0 Å². The smallest absolute Gasteiger partial charge is 0.249 e. The Morgan fingerprint density at radius 1 is 1.17 bits per heavy atom. The van der Waals surface area contributed by atoms with Crippen LogP contribution in [0.2, 0.25) is 0 Å². The van der Waals surface area contributed by atoms with E-state index in [9.17, 15) is 4.79 Å². The molecule has 0 aromatic carbocycles. The summed E-state index contributed by atoms with van der Waals surface area (Å²) in [6, 6.07) is 0.172. The minimum absolute atomic E-state index is 0.140. The number of nitrogens with zero attached hydrogens (tertiary/aromatic N) is 3. The molecule has 1 aliphatic carbocycles. The van der Waals surface area contributed by atoms with Crippen molar-refractivity contribution in [3.05, 3.63) is 17.0 Å². The lowest BCUT2D eigenvalue weighted by Crippen LogP contribution is -2.35. The Kier molecular flexibility index (Phi) is 5.05. The van der Waals surface area contributed by atoms with Gasteiger partial charge in [-0.3, -0.25) is 9.48 Å². The Balaban J connectivity index is 1.65. The predicted octanol–water partition coefficient (Wildman–Crippen LogP) is 3.05. The molecule has 0 N–H and O–H groups in total. The molecule has 0 radical (unpaired) electrons. The second-order valence-corrected chi connectivity index (χ2v) is 7.02. The minimum atomic E-state index is 0.140. The average molecular weight is 319 g/mol. The summed E-state index contributed by atoms with van der Waals surface area (Å²) >= 11 is 0. The molecule has 2 heterocycles. The van der Waals surface area contributed by atoms with Gasteiger partial charge in [-0.1, -0.05) is 19.3 Å². The normalized spacial score (nSPS) is 22.7. The minimum Gasteiger partial charge on any atom is -0.368 e. The lowest BCUT2D eigenvalue weighted by atomic mass is 9.98. The maximum Gasteiger partial charge on any atom is 0.249 e. The maximum absolute atomic E-state index is 12.7. The second-order valence-electron chi connectivity index (χ2n) is 7.02. The number of ether oxygens (including phenoxy) is 1. The van der Waals surface area contributed by atoms with Crippen LogP contribution >= 0.6 is 0 Å². The monoisotopic (exact) mass is 319 g/mol. The number of rotatable bonds is 4. The van der Waals surface area contributed by atoms with Crippen molar-refractivity contribution in [2.45, 2.75) is 70.9 Å². The number of amides is 1. The van der Waals surface area contributed by atoms with Crippen LogP contribution in [0, 0.1) is 13.8 Å². The first-order chi connectivity index (χ1) is 11.1. The molecule has 1 aromatic rings. The maximum atomic E-state index is 12.7. The molecule has 0 spiro atoms. The van der Waals surface area contributed by atoms with Crippen LogP contribution in [-0.2, 0) is 16.6 Å². The molecule has 2 aliphatic rings. The van der Waals surface area contributed by atoms with Crippen LogP contribution in [0.25, 0.3) is 0 Å². The van der Waals surface area contributed by atoms with Crippen molar-refractivity contribution in [3.63, 3.8) is 0 Å². The number of hydrogen-bond donors (Lipinski definition) is 0. The molecule has 3 rings (SSSR count). The molecule has 128 valence electrons. The predicted molar refractivity (Wildman–Crippen MR) is 89.2 cm³/mol. The molecule has 1 aliphatic heterocycles. The quantitative estimate of drug-likeness (QED) is 0.857. The topological polar surface area (TPSA) is 47.4 Å². The van der Waals surface area contributed by atoms with E-state index in [4.69, 9.17) is 4.74 Å². The van der Waals surface area contributed by atoms with E-state index in [1.165, 1.54) is 30.5 Å². The van der Waals surface area contributed by atoms with Crippen LogP contribution in [0.1, 0.15) is 67.9 Å². The van der Waals surface area contributed by atoms with Crippen LogP contribution in [-0.4, -0.2) is 39.8 Å². The van der Waals surface area contributed by atoms with E-state index in [2.05, 4.69) is 12.0 Å². The van der Waals surface area contributed by atoms with Gasteiger partial charge in [-0.25, -0.2) is 0 Å². The summed E-state index contributed by atoms with van der Waals surface area (Å²) in [6.45, 7) is 5.21. The summed E-state index contributed by atoms with van der Waals surface area (Å²) in [4.78, 5) is 14.7. The molecular weight excluding hydrogens is 290 g/mol. The molecule has 5 heteroatoms. The average Bonchev–Trinajstić information content (AvgIpc) is 3.11. The van der Waals surface area contributed by atoms with E-state index in [0.717, 1.165) is 37.9 Å². The summed E-state index contributed by atoms with van der Waals surface area (Å²) in [6.07, 6.45) is 8.38. The third-order valence-electron chi connectivity index (χ3n) is 5.47. The van der Waals surface area contributed by atoms with Gasteiger partial charge in [0.05, 0.1) is 17.8 Å². The molecule has 23 heavy (non-hydrogen) atoms. The lowest BCUT2D eigenvalue weighted by Gasteiger charge is -2.27. The fourth-order valence-corrected chi connectivity index (χ4v) is 4.14. The zero-order valence-corrected chi connectivity index (χ0v) is 14.7. The van der Waals surface area contributed by atoms with Crippen LogP contribution in [0.3, 0.4) is 0 Å². The first kappa shape index (κ1) is 16.5. The SMILES string of the molecule is Cc1nn(C)c(C)c1[C@H]1CCCN1C(=O)COC1CCCCC1. The van der Waals surface area contributed by atoms with E-state index < -0.39 is 0 Å². The summed E-state index contributed by atoms with van der Waals surface area (Å²) in [5.74, 6) is 0.140. The van der Waals surface area contributed by atoms with Crippen molar-refractivity contribution in [1.82, 2.24) is 14.7 Å². The van der Waals surface area contributed by atoms with Gasteiger partial charge in [-0.2, -0.15) is 5.10 Å². The molecule has 0 unspecified atom stereocenters. The van der Waals surface area contributed by atoms with Crippen molar-refractivity contribution in [2.24, 2.45) is 7.05 Å². The molecule has 1 aromatic heterocycles. The Morgan fingerprint density at radius 3 is 2.57 bits per heavy atom. The first-order valence-electron chi connectivity index (χ1n) is 8.99. The van der Waals surface area contributed by atoms with Crippen LogP contribution in [0.15, 0.2) is 0 Å². The van der Waals surface area contributed by atoms with Crippen molar-refractivity contribution < 1.29 is 9.53 Å². The number of aromatic nitrogens is 2. The Morgan fingerprint density at radius 2 is 1.91 bits per heavy atom. The van der Waals surface area contributed by atoms with Gasteiger partial charge in [0, 0.05) is 24.8 Å². The molecule has 5 nitrogen and oxygen atoms in total. The fourth-order valence-electron chi connectivity index (χ4n) is 4.14. The van der Waals surface area contributed by atoms with Gasteiger partial charge in [0.2, 0.25) is 5.91 Å². The number of aryl methyl sites for hydroxylation is 2. The Labute approximate surface area is 139 Å². The molecule has 1 saturated carbocycles. The van der Waals surface area contributed by atoms with Gasteiger partial charge < -0.3 is 9.64 Å². The third kappa shape index (κ3) is 3.44. The molecule has 1 atom stereocenters. The van der Waals surface area contributed by atoms with E-state index in [-0.39, 0.29) is 24.7 Å². The lowest BCUT2D eigenvalue weighted by molar-refractivity contribution is -0.139. The molecule has 1 amide bonds. The highest BCUT2D eigenvalue weighted by atomic mass is 16.5. The summed E-state index contributed by atoms with van der Waals surface area (Å²) in [7, 11) is 1.97. The van der Waals surface area contributed by atoms with Gasteiger partial charge in [0.1, 0.15) is 6.61 Å². The Hall–Kier alpha value is -1.36. The van der Waals surface area contributed by atoms with Crippen molar-refractivity contribution in [2.75, 3.05) is 13.2 Å². The molecule has 0 bridgehead atoms. The molecular formula is C18H29N3O2. The Bertz CT molecular complexity index is 561. The van der Waals surface area contributed by atoms with E-state index in [1.807, 2.05) is 23.6 Å². The van der Waals surface area contributed by atoms with Crippen molar-refractivity contribution in [1.29, 1.82) is 0 Å². The zero-order valence-electron chi connectivity index (χ0n) is 14.7. The summed E-state index contributed by atoms with van der Waals surface area (Å²) in [5, 5.41) is 4.52. The third-order valence-corrected chi connectivity index (χ3v) is 5.47. The second kappa shape index (κ2) is 7.04. The van der Waals surface area contributed by atoms with E-state index >= 15 is 0 Å². The first-order valence-corrected chi connectivity index (χ1v) is 8.99. The summed E-state index contributed by atoms with van der Waals surface area (Å²) in [5.41, 5.74) is 3.44. The largest absolute Gasteiger partial charge is 0.368 e. The van der Waals surface area contributed by atoms with Crippen LogP contribution in [0.5, 0.6) is 0 Å². The van der Waals surface area contributed by atoms with Crippen LogP contribution in [0.4, 0.5) is 0 Å². The highest BCUT2D eigenvalue weighted by Crippen LogP contribution is 2.35. The van der Waals surface area contributed by atoms with Crippen LogP contribution < -0.4 is 0 Å². The number of carbonyl (C=O) groups is 1. The standard InChI is InChI=1S/C18H29N3O2/c1-13-18(14(2)20(3)19-13)16-10-7-11-21(16)17(22)12-23-15-8-5-4-6-9-15/h15-16H,4-12H2,1-3H3/t16-/m1/s1. The van der Waals surface area contributed by atoms with Gasteiger partial charge in [-0.05, 0) is 39.5 Å². The summed E-state index contributed by atoms with van der Waals surface area (Å²) < 4.78 is 7.82. The highest BCUT2D eigenvalue weighted by Gasteiger charge is 2.33. The number of carbonyl (C=O) groups excluding carboxylic acids is 1. The number of likely N-dealkylation sites (tertiary alicyclic amines) is 1. The van der Waals surface area contributed by atoms with Gasteiger partial charge in [0.25, 0.3) is 0 Å².